The number of hydrogen-bond donors (Lipinski definition) is 2. The van der Waals surface area contributed by atoms with E-state index in [1.54, 1.807) is 0 Å². The monoisotopic (exact) mass is 315 g/mol. The van der Waals surface area contributed by atoms with E-state index < -0.39 is 11.8 Å². The average molecular weight is 315 g/mol. The summed E-state index contributed by atoms with van der Waals surface area (Å²) in [6.07, 6.45) is 0.915. The van der Waals surface area contributed by atoms with Gasteiger partial charge in [-0.25, -0.2) is 9.18 Å². The highest BCUT2D eigenvalue weighted by Crippen LogP contribution is 2.18. The van der Waals surface area contributed by atoms with E-state index in [4.69, 9.17) is 9.84 Å². The number of ether oxygens (including phenoxy) is 1. The molecule has 0 radical (unpaired) electrons. The predicted molar refractivity (Wildman–Crippen MR) is 83.7 cm³/mol. The summed E-state index contributed by atoms with van der Waals surface area (Å²) in [6.45, 7) is 2.30. The van der Waals surface area contributed by atoms with Crippen LogP contribution in [0.2, 0.25) is 0 Å². The number of rotatable bonds is 5. The lowest BCUT2D eigenvalue weighted by atomic mass is 10.0. The van der Waals surface area contributed by atoms with E-state index in [1.165, 1.54) is 29.3 Å². The van der Waals surface area contributed by atoms with Gasteiger partial charge in [0.1, 0.15) is 5.82 Å². The molecule has 0 spiro atoms. The van der Waals surface area contributed by atoms with E-state index in [1.807, 2.05) is 6.07 Å². The van der Waals surface area contributed by atoms with Crippen LogP contribution in [-0.2, 0) is 30.9 Å². The Hall–Kier alpha value is -2.24. The highest BCUT2D eigenvalue weighted by atomic mass is 19.1. The molecule has 0 amide bonds. The molecular formula is C18H18FNO3. The largest absolute Gasteiger partial charge is 0.478 e. The van der Waals surface area contributed by atoms with Crippen LogP contribution in [0.1, 0.15) is 32.6 Å². The van der Waals surface area contributed by atoms with Crippen LogP contribution < -0.4 is 5.32 Å². The number of benzene rings is 2. The van der Waals surface area contributed by atoms with Gasteiger partial charge < -0.3 is 15.2 Å². The maximum absolute atomic E-state index is 13.7. The second kappa shape index (κ2) is 6.89. The molecule has 0 bridgehead atoms. The summed E-state index contributed by atoms with van der Waals surface area (Å²) >= 11 is 0. The van der Waals surface area contributed by atoms with Crippen LogP contribution >= 0.6 is 0 Å². The molecule has 0 aliphatic carbocycles. The summed E-state index contributed by atoms with van der Waals surface area (Å²) in [4.78, 5) is 10.9. The first-order valence-electron chi connectivity index (χ1n) is 7.54. The van der Waals surface area contributed by atoms with Crippen molar-refractivity contribution in [3.63, 3.8) is 0 Å². The summed E-state index contributed by atoms with van der Waals surface area (Å²) in [5.41, 5.74) is 4.10. The van der Waals surface area contributed by atoms with Crippen molar-refractivity contribution in [1.82, 2.24) is 5.32 Å². The predicted octanol–water partition coefficient (Wildman–Crippen LogP) is 2.89. The molecular weight excluding hydrogens is 297 g/mol. The third-order valence-corrected chi connectivity index (χ3v) is 3.98. The first-order chi connectivity index (χ1) is 11.1. The zero-order chi connectivity index (χ0) is 16.2. The van der Waals surface area contributed by atoms with E-state index in [2.05, 4.69) is 17.4 Å². The van der Waals surface area contributed by atoms with Gasteiger partial charge >= 0.3 is 5.97 Å². The minimum absolute atomic E-state index is 0.0944. The van der Waals surface area contributed by atoms with Gasteiger partial charge in [0.2, 0.25) is 0 Å². The summed E-state index contributed by atoms with van der Waals surface area (Å²) in [5.74, 6) is -1.45. The fraction of sp³-hybridized carbons (Fsp3) is 0.278. The van der Waals surface area contributed by atoms with Crippen molar-refractivity contribution in [2.24, 2.45) is 0 Å². The Morgan fingerprint density at radius 1 is 1.17 bits per heavy atom. The number of halogens is 1. The Balaban J connectivity index is 1.63. The molecule has 120 valence electrons. The second-order valence-electron chi connectivity index (χ2n) is 5.62. The molecule has 3 rings (SSSR count). The number of carboxylic acid groups (broad SMARTS) is 1. The molecule has 1 aliphatic heterocycles. The number of nitrogens with one attached hydrogen (secondary N) is 1. The molecule has 0 unspecified atom stereocenters. The van der Waals surface area contributed by atoms with Crippen molar-refractivity contribution >= 4 is 5.97 Å². The van der Waals surface area contributed by atoms with Gasteiger partial charge in [0.05, 0.1) is 18.8 Å². The van der Waals surface area contributed by atoms with E-state index >= 15 is 0 Å². The van der Waals surface area contributed by atoms with E-state index in [0.29, 0.717) is 18.7 Å². The van der Waals surface area contributed by atoms with Crippen molar-refractivity contribution < 1.29 is 19.0 Å². The van der Waals surface area contributed by atoms with Gasteiger partial charge in [0.25, 0.3) is 0 Å². The summed E-state index contributed by atoms with van der Waals surface area (Å²) < 4.78 is 19.2. The average Bonchev–Trinajstić information content (AvgIpc) is 2.56. The van der Waals surface area contributed by atoms with Gasteiger partial charge in [-0.15, -0.1) is 0 Å². The molecule has 2 aromatic rings. The molecule has 0 fully saturated rings. The maximum Gasteiger partial charge on any atom is 0.335 e. The van der Waals surface area contributed by atoms with Gasteiger partial charge in [0, 0.05) is 18.7 Å². The Morgan fingerprint density at radius 3 is 2.87 bits per heavy atom. The lowest BCUT2D eigenvalue weighted by Crippen LogP contribution is -2.16. The molecule has 0 aromatic heterocycles. The third kappa shape index (κ3) is 3.75. The Morgan fingerprint density at radius 2 is 2.04 bits per heavy atom. The number of aromatic carboxylic acids is 1. The zero-order valence-corrected chi connectivity index (χ0v) is 12.6. The van der Waals surface area contributed by atoms with Crippen molar-refractivity contribution in [3.8, 4) is 0 Å². The lowest BCUT2D eigenvalue weighted by molar-refractivity contribution is 0.0696. The van der Waals surface area contributed by atoms with Crippen LogP contribution in [0.5, 0.6) is 0 Å². The van der Waals surface area contributed by atoms with E-state index in [9.17, 15) is 9.18 Å². The van der Waals surface area contributed by atoms with E-state index in [0.717, 1.165) is 18.6 Å². The Kier molecular flexibility index (Phi) is 4.69. The van der Waals surface area contributed by atoms with Gasteiger partial charge in [-0.1, -0.05) is 18.2 Å². The van der Waals surface area contributed by atoms with Crippen molar-refractivity contribution in [2.75, 3.05) is 6.61 Å². The first kappa shape index (κ1) is 15.6. The fourth-order valence-corrected chi connectivity index (χ4v) is 2.71. The molecule has 1 heterocycles. The zero-order valence-electron chi connectivity index (χ0n) is 12.6. The van der Waals surface area contributed by atoms with Crippen LogP contribution in [-0.4, -0.2) is 17.7 Å². The molecule has 2 N–H and O–H groups in total. The van der Waals surface area contributed by atoms with Crippen LogP contribution in [0.25, 0.3) is 0 Å². The van der Waals surface area contributed by atoms with Gasteiger partial charge in [0.15, 0.2) is 0 Å². The minimum atomic E-state index is -1.05. The number of fused-ring (bicyclic) bond motifs is 1. The van der Waals surface area contributed by atoms with E-state index in [-0.39, 0.29) is 12.1 Å². The second-order valence-corrected chi connectivity index (χ2v) is 5.62. The molecule has 0 saturated carbocycles. The normalized spacial score (nSPS) is 13.6. The molecule has 0 atom stereocenters. The quantitative estimate of drug-likeness (QED) is 0.891. The molecule has 1 aliphatic rings. The smallest absolute Gasteiger partial charge is 0.335 e. The first-order valence-corrected chi connectivity index (χ1v) is 7.54. The Bertz CT molecular complexity index is 730. The Labute approximate surface area is 133 Å². The van der Waals surface area contributed by atoms with Gasteiger partial charge in [-0.05, 0) is 41.3 Å². The van der Waals surface area contributed by atoms with Crippen LogP contribution in [0.15, 0.2) is 36.4 Å². The lowest BCUT2D eigenvalue weighted by Gasteiger charge is -2.17. The minimum Gasteiger partial charge on any atom is -0.478 e. The standard InChI is InChI=1S/C18H18FNO3/c19-17-4-3-14(18(21)22)8-16(17)10-20-9-12-1-2-15-11-23-6-5-13(15)7-12/h1-4,7-8,20H,5-6,9-11H2,(H,21,22). The van der Waals surface area contributed by atoms with Crippen molar-refractivity contribution in [2.45, 2.75) is 26.1 Å². The van der Waals surface area contributed by atoms with Crippen molar-refractivity contribution in [3.05, 3.63) is 70.0 Å². The third-order valence-electron chi connectivity index (χ3n) is 3.98. The van der Waals surface area contributed by atoms with Crippen LogP contribution in [0.3, 0.4) is 0 Å². The van der Waals surface area contributed by atoms with Crippen LogP contribution in [0, 0.1) is 5.82 Å². The van der Waals surface area contributed by atoms with Crippen molar-refractivity contribution in [1.29, 1.82) is 0 Å². The SMILES string of the molecule is O=C(O)c1ccc(F)c(CNCc2ccc3c(c2)CCOC3)c1. The topological polar surface area (TPSA) is 58.6 Å². The molecule has 5 heteroatoms. The molecule has 4 nitrogen and oxygen atoms in total. The maximum atomic E-state index is 13.7. The van der Waals surface area contributed by atoms with Gasteiger partial charge in [-0.2, -0.15) is 0 Å². The number of carboxylic acids is 1. The fourth-order valence-electron chi connectivity index (χ4n) is 2.71. The van der Waals surface area contributed by atoms with Gasteiger partial charge in [-0.3, -0.25) is 0 Å². The summed E-state index contributed by atoms with van der Waals surface area (Å²) in [5, 5.41) is 12.1. The molecule has 0 saturated heterocycles. The number of hydrogen-bond acceptors (Lipinski definition) is 3. The molecule has 23 heavy (non-hydrogen) atoms. The number of carbonyl (C=O) groups is 1. The highest BCUT2D eigenvalue weighted by Gasteiger charge is 2.10. The van der Waals surface area contributed by atoms with Crippen LogP contribution in [0.4, 0.5) is 4.39 Å². The highest BCUT2D eigenvalue weighted by molar-refractivity contribution is 5.87. The molecule has 2 aromatic carbocycles. The summed E-state index contributed by atoms with van der Waals surface area (Å²) in [6, 6.07) is 10.1. The summed E-state index contributed by atoms with van der Waals surface area (Å²) in [7, 11) is 0.